The van der Waals surface area contributed by atoms with E-state index in [2.05, 4.69) is 4.52 Å². The minimum atomic E-state index is -4.70. The van der Waals surface area contributed by atoms with Crippen molar-refractivity contribution in [2.75, 3.05) is 13.7 Å². The first-order valence-corrected chi connectivity index (χ1v) is 6.22. The standard InChI is InChI=1S/C7H15O9P/c1-14-7-6(10)5(9)4(8)3(16-7)2-15-17(11,12)13/h3-10H,2H2,1H3,(H2,11,12,13)/t3-,4-,5+,6-,7?/m1/s1. The molecule has 0 amide bonds. The van der Waals surface area contributed by atoms with E-state index >= 15 is 0 Å². The fourth-order valence-electron chi connectivity index (χ4n) is 1.42. The van der Waals surface area contributed by atoms with Crippen LogP contribution < -0.4 is 0 Å². The van der Waals surface area contributed by atoms with Gasteiger partial charge in [-0.15, -0.1) is 0 Å². The predicted molar refractivity (Wildman–Crippen MR) is 51.7 cm³/mol. The summed E-state index contributed by atoms with van der Waals surface area (Å²) in [6, 6.07) is 0. The maximum Gasteiger partial charge on any atom is 0.469 e. The molecule has 1 unspecified atom stereocenters. The Balaban J connectivity index is 2.62. The minimum Gasteiger partial charge on any atom is -0.387 e. The lowest BCUT2D eigenvalue weighted by molar-refractivity contribution is -0.293. The molecular formula is C7H15O9P. The summed E-state index contributed by atoms with van der Waals surface area (Å²) in [5.74, 6) is 0. The second-order valence-corrected chi connectivity index (χ2v) is 4.78. The van der Waals surface area contributed by atoms with Gasteiger partial charge >= 0.3 is 7.82 Å². The van der Waals surface area contributed by atoms with Crippen molar-refractivity contribution in [3.05, 3.63) is 0 Å². The summed E-state index contributed by atoms with van der Waals surface area (Å²) in [6.07, 6.45) is -6.98. The molecule has 1 heterocycles. The Hall–Kier alpha value is -0.0900. The maximum atomic E-state index is 10.5. The van der Waals surface area contributed by atoms with Crippen LogP contribution in [0.5, 0.6) is 0 Å². The SMILES string of the molecule is COC1O[C@H](COP(=O)(O)O)[C@@H](O)[C@H](O)[C@H]1O. The maximum absolute atomic E-state index is 10.5. The third-order valence-corrected chi connectivity index (χ3v) is 2.79. The van der Waals surface area contributed by atoms with E-state index in [1.165, 1.54) is 7.11 Å². The highest BCUT2D eigenvalue weighted by Gasteiger charge is 2.44. The van der Waals surface area contributed by atoms with E-state index in [0.29, 0.717) is 0 Å². The summed E-state index contributed by atoms with van der Waals surface area (Å²) in [4.78, 5) is 17.0. The topological polar surface area (TPSA) is 146 Å². The normalized spacial score (nSPS) is 39.3. The Kier molecular flexibility index (Phi) is 5.02. The lowest BCUT2D eigenvalue weighted by atomic mass is 9.99. The minimum absolute atomic E-state index is 0.644. The van der Waals surface area contributed by atoms with Crippen LogP contribution in [0.15, 0.2) is 0 Å². The molecule has 1 rings (SSSR count). The Labute approximate surface area is 96.8 Å². The lowest BCUT2D eigenvalue weighted by Crippen LogP contribution is -2.59. The van der Waals surface area contributed by atoms with Crippen LogP contribution in [-0.4, -0.2) is 69.5 Å². The molecule has 1 aliphatic rings. The molecule has 0 aromatic heterocycles. The zero-order valence-electron chi connectivity index (χ0n) is 8.91. The molecule has 0 spiro atoms. The van der Waals surface area contributed by atoms with Gasteiger partial charge in [0.15, 0.2) is 6.29 Å². The van der Waals surface area contributed by atoms with Gasteiger partial charge in [-0.25, -0.2) is 4.57 Å². The molecule has 0 radical (unpaired) electrons. The van der Waals surface area contributed by atoms with Crippen LogP contribution >= 0.6 is 7.82 Å². The van der Waals surface area contributed by atoms with Crippen LogP contribution in [0.1, 0.15) is 0 Å². The van der Waals surface area contributed by atoms with Crippen LogP contribution in [0.2, 0.25) is 0 Å². The molecular weight excluding hydrogens is 259 g/mol. The van der Waals surface area contributed by atoms with E-state index < -0.39 is 45.1 Å². The van der Waals surface area contributed by atoms with E-state index in [4.69, 9.17) is 19.3 Å². The van der Waals surface area contributed by atoms with Gasteiger partial charge in [-0.2, -0.15) is 0 Å². The predicted octanol–water partition coefficient (Wildman–Crippen LogP) is -2.45. The second-order valence-electron chi connectivity index (χ2n) is 3.54. The number of phosphoric ester groups is 1. The van der Waals surface area contributed by atoms with Crippen molar-refractivity contribution in [3.63, 3.8) is 0 Å². The number of aliphatic hydroxyl groups is 3. The van der Waals surface area contributed by atoms with Gasteiger partial charge in [-0.05, 0) is 0 Å². The van der Waals surface area contributed by atoms with Crippen LogP contribution in [0.3, 0.4) is 0 Å². The summed E-state index contributed by atoms with van der Waals surface area (Å²) >= 11 is 0. The quantitative estimate of drug-likeness (QED) is 0.352. The zero-order valence-corrected chi connectivity index (χ0v) is 9.80. The number of methoxy groups -OCH3 is 1. The van der Waals surface area contributed by atoms with Gasteiger partial charge in [0.1, 0.15) is 24.4 Å². The Morgan fingerprint density at radius 1 is 1.18 bits per heavy atom. The highest BCUT2D eigenvalue weighted by Crippen LogP contribution is 2.36. The second kappa shape index (κ2) is 5.70. The van der Waals surface area contributed by atoms with Crippen LogP contribution in [0.25, 0.3) is 0 Å². The lowest BCUT2D eigenvalue weighted by Gasteiger charge is -2.39. The summed E-state index contributed by atoms with van der Waals surface area (Å²) < 4.78 is 24.3. The molecule has 0 aliphatic carbocycles. The molecule has 17 heavy (non-hydrogen) atoms. The molecule has 1 saturated heterocycles. The molecule has 5 N–H and O–H groups in total. The first-order valence-electron chi connectivity index (χ1n) is 4.69. The van der Waals surface area contributed by atoms with Gasteiger partial charge in [0.25, 0.3) is 0 Å². The molecule has 0 saturated carbocycles. The van der Waals surface area contributed by atoms with Gasteiger partial charge in [0, 0.05) is 7.11 Å². The third kappa shape index (κ3) is 3.95. The van der Waals surface area contributed by atoms with Gasteiger partial charge in [-0.3, -0.25) is 4.52 Å². The van der Waals surface area contributed by atoms with E-state index in [9.17, 15) is 19.9 Å². The molecule has 5 atom stereocenters. The average Bonchev–Trinajstić information content (AvgIpc) is 2.24. The van der Waals surface area contributed by atoms with Crippen molar-refractivity contribution < 1.29 is 43.7 Å². The fourth-order valence-corrected chi connectivity index (χ4v) is 1.76. The number of hydrogen-bond acceptors (Lipinski definition) is 7. The monoisotopic (exact) mass is 274 g/mol. The van der Waals surface area contributed by atoms with Gasteiger partial charge in [0.2, 0.25) is 0 Å². The van der Waals surface area contributed by atoms with E-state index in [0.717, 1.165) is 0 Å². The van der Waals surface area contributed by atoms with Crippen molar-refractivity contribution in [1.29, 1.82) is 0 Å². The number of ether oxygens (including phenoxy) is 2. The van der Waals surface area contributed by atoms with Crippen LogP contribution in [-0.2, 0) is 18.6 Å². The Morgan fingerprint density at radius 3 is 2.24 bits per heavy atom. The van der Waals surface area contributed by atoms with Crippen molar-refractivity contribution in [1.82, 2.24) is 0 Å². The average molecular weight is 274 g/mol. The van der Waals surface area contributed by atoms with E-state index in [-0.39, 0.29) is 0 Å². The van der Waals surface area contributed by atoms with Crippen LogP contribution in [0.4, 0.5) is 0 Å². The number of rotatable bonds is 4. The fraction of sp³-hybridized carbons (Fsp3) is 1.00. The molecule has 102 valence electrons. The molecule has 9 nitrogen and oxygen atoms in total. The smallest absolute Gasteiger partial charge is 0.387 e. The van der Waals surface area contributed by atoms with E-state index in [1.807, 2.05) is 0 Å². The summed E-state index contributed by atoms with van der Waals surface area (Å²) in [5, 5.41) is 28.3. The van der Waals surface area contributed by atoms with Crippen molar-refractivity contribution in [2.45, 2.75) is 30.7 Å². The molecule has 0 bridgehead atoms. The Bertz CT molecular complexity index is 289. The first-order chi connectivity index (χ1) is 7.76. The Morgan fingerprint density at radius 2 is 1.76 bits per heavy atom. The number of aliphatic hydroxyl groups excluding tert-OH is 3. The van der Waals surface area contributed by atoms with Gasteiger partial charge < -0.3 is 34.6 Å². The van der Waals surface area contributed by atoms with Crippen molar-refractivity contribution >= 4 is 7.82 Å². The molecule has 0 aromatic carbocycles. The molecule has 10 heteroatoms. The van der Waals surface area contributed by atoms with Crippen molar-refractivity contribution in [2.24, 2.45) is 0 Å². The van der Waals surface area contributed by atoms with Gasteiger partial charge in [0.05, 0.1) is 6.61 Å². The number of hydrogen-bond donors (Lipinski definition) is 5. The molecule has 1 fully saturated rings. The molecule has 1 aliphatic heterocycles. The third-order valence-electron chi connectivity index (χ3n) is 2.31. The van der Waals surface area contributed by atoms with E-state index in [1.54, 1.807) is 0 Å². The summed E-state index contributed by atoms with van der Waals surface area (Å²) in [6.45, 7) is -0.644. The molecule has 0 aromatic rings. The number of phosphoric acid groups is 1. The zero-order chi connectivity index (χ0) is 13.2. The highest BCUT2D eigenvalue weighted by atomic mass is 31.2. The highest BCUT2D eigenvalue weighted by molar-refractivity contribution is 7.46. The van der Waals surface area contributed by atoms with Crippen molar-refractivity contribution in [3.8, 4) is 0 Å². The van der Waals surface area contributed by atoms with Crippen LogP contribution in [0, 0.1) is 0 Å². The largest absolute Gasteiger partial charge is 0.469 e. The summed E-state index contributed by atoms with van der Waals surface area (Å²) in [7, 11) is -3.49. The summed E-state index contributed by atoms with van der Waals surface area (Å²) in [5.41, 5.74) is 0. The van der Waals surface area contributed by atoms with Gasteiger partial charge in [-0.1, -0.05) is 0 Å². The first kappa shape index (κ1) is 15.0.